The minimum Gasteiger partial charge on any atom is -0.300 e. The van der Waals surface area contributed by atoms with E-state index in [-0.39, 0.29) is 29.6 Å². The Kier molecular flexibility index (Phi) is 5.26. The van der Waals surface area contributed by atoms with Gasteiger partial charge in [0, 0.05) is 17.5 Å². The van der Waals surface area contributed by atoms with E-state index in [1.54, 1.807) is 13.1 Å². The van der Waals surface area contributed by atoms with Crippen molar-refractivity contribution in [3.8, 4) is 0 Å². The third-order valence-electron chi connectivity index (χ3n) is 5.65. The number of thiazole rings is 1. The van der Waals surface area contributed by atoms with Crippen LogP contribution in [0.25, 0.3) is 0 Å². The predicted molar refractivity (Wildman–Crippen MR) is 107 cm³/mol. The summed E-state index contributed by atoms with van der Waals surface area (Å²) in [6.45, 7) is 1.61. The van der Waals surface area contributed by atoms with E-state index >= 15 is 0 Å². The monoisotopic (exact) mass is 397 g/mol. The van der Waals surface area contributed by atoms with Gasteiger partial charge >= 0.3 is 0 Å². The van der Waals surface area contributed by atoms with Gasteiger partial charge in [0.15, 0.2) is 5.13 Å². The van der Waals surface area contributed by atoms with Crippen molar-refractivity contribution in [1.29, 1.82) is 0 Å². The van der Waals surface area contributed by atoms with E-state index in [1.807, 2.05) is 30.3 Å². The molecule has 1 aliphatic heterocycles. The number of hydrogen-bond donors (Lipinski definition) is 1. The highest BCUT2D eigenvalue weighted by molar-refractivity contribution is 7.15. The Labute approximate surface area is 168 Å². The Morgan fingerprint density at radius 1 is 1.18 bits per heavy atom. The molecule has 0 bridgehead atoms. The molecule has 1 saturated carbocycles. The molecule has 0 spiro atoms. The van der Waals surface area contributed by atoms with Gasteiger partial charge in [-0.3, -0.25) is 19.3 Å². The van der Waals surface area contributed by atoms with Crippen LogP contribution in [0.1, 0.15) is 43.0 Å². The number of hydrogen-bond acceptors (Lipinski definition) is 5. The Morgan fingerprint density at radius 3 is 2.46 bits per heavy atom. The normalized spacial score (nSPS) is 22.8. The molecule has 1 aromatic carbocycles. The van der Waals surface area contributed by atoms with E-state index in [4.69, 9.17) is 0 Å². The second-order valence-electron chi connectivity index (χ2n) is 7.50. The summed E-state index contributed by atoms with van der Waals surface area (Å²) in [5.74, 6) is -1.24. The number of aromatic nitrogens is 1. The lowest BCUT2D eigenvalue weighted by atomic mass is 9.81. The van der Waals surface area contributed by atoms with Crippen molar-refractivity contribution >= 4 is 34.2 Å². The van der Waals surface area contributed by atoms with Gasteiger partial charge in [-0.25, -0.2) is 4.98 Å². The molecule has 3 amide bonds. The summed E-state index contributed by atoms with van der Waals surface area (Å²) in [7, 11) is 0. The molecule has 1 aliphatic carbocycles. The minimum atomic E-state index is -0.827. The summed E-state index contributed by atoms with van der Waals surface area (Å²) in [6, 6.07) is 9.21. The molecule has 3 atom stereocenters. The quantitative estimate of drug-likeness (QED) is 0.786. The number of amides is 3. The van der Waals surface area contributed by atoms with Crippen LogP contribution in [0.2, 0.25) is 0 Å². The summed E-state index contributed by atoms with van der Waals surface area (Å²) in [5.41, 5.74) is 1.17. The number of nitrogens with one attached hydrogen (secondary N) is 1. The highest BCUT2D eigenvalue weighted by Crippen LogP contribution is 2.39. The number of fused-ring (bicyclic) bond motifs is 1. The lowest BCUT2D eigenvalue weighted by Crippen LogP contribution is -2.46. The smallest absolute Gasteiger partial charge is 0.249 e. The van der Waals surface area contributed by atoms with Crippen molar-refractivity contribution in [3.63, 3.8) is 0 Å². The summed E-state index contributed by atoms with van der Waals surface area (Å²) >= 11 is 1.41. The van der Waals surface area contributed by atoms with Gasteiger partial charge in [-0.05, 0) is 25.3 Å². The molecule has 2 fully saturated rings. The molecular formula is C21H23N3O3S. The van der Waals surface area contributed by atoms with Crippen molar-refractivity contribution in [1.82, 2.24) is 9.88 Å². The fourth-order valence-electron chi connectivity index (χ4n) is 4.14. The van der Waals surface area contributed by atoms with Gasteiger partial charge in [-0.1, -0.05) is 43.2 Å². The molecule has 4 rings (SSSR count). The van der Waals surface area contributed by atoms with E-state index in [0.29, 0.717) is 5.13 Å². The maximum atomic E-state index is 12.7. The maximum Gasteiger partial charge on any atom is 0.249 e. The van der Waals surface area contributed by atoms with Crippen LogP contribution in [-0.4, -0.2) is 33.6 Å². The highest BCUT2D eigenvalue weighted by Gasteiger charge is 2.50. The molecule has 1 aromatic heterocycles. The SMILES string of the molecule is CC(C(=O)Nc1ncc(Cc2ccccc2)s1)N1C(=O)C2CCCCC2C1=O. The minimum absolute atomic E-state index is 0.193. The van der Waals surface area contributed by atoms with E-state index < -0.39 is 6.04 Å². The zero-order valence-corrected chi connectivity index (χ0v) is 16.6. The van der Waals surface area contributed by atoms with Gasteiger partial charge in [0.25, 0.3) is 0 Å². The first kappa shape index (κ1) is 18.8. The maximum absolute atomic E-state index is 12.7. The Bertz CT molecular complexity index is 871. The number of carbonyl (C=O) groups is 3. The van der Waals surface area contributed by atoms with Gasteiger partial charge in [0.1, 0.15) is 6.04 Å². The van der Waals surface area contributed by atoms with Crippen molar-refractivity contribution in [2.75, 3.05) is 5.32 Å². The van der Waals surface area contributed by atoms with Crippen LogP contribution in [-0.2, 0) is 20.8 Å². The van der Waals surface area contributed by atoms with Crippen molar-refractivity contribution in [2.24, 2.45) is 11.8 Å². The molecule has 0 radical (unpaired) electrons. The van der Waals surface area contributed by atoms with Crippen LogP contribution in [0.5, 0.6) is 0 Å². The summed E-state index contributed by atoms with van der Waals surface area (Å²) in [5, 5.41) is 3.26. The second kappa shape index (κ2) is 7.83. The van der Waals surface area contributed by atoms with Crippen molar-refractivity contribution in [2.45, 2.75) is 45.1 Å². The average Bonchev–Trinajstić information content (AvgIpc) is 3.24. The lowest BCUT2D eigenvalue weighted by molar-refractivity contribution is -0.146. The Balaban J connectivity index is 1.41. The van der Waals surface area contributed by atoms with Gasteiger partial charge in [-0.15, -0.1) is 11.3 Å². The topological polar surface area (TPSA) is 79.4 Å². The summed E-state index contributed by atoms with van der Waals surface area (Å²) in [6.07, 6.45) is 5.93. The second-order valence-corrected chi connectivity index (χ2v) is 8.62. The molecule has 3 unspecified atom stereocenters. The highest BCUT2D eigenvalue weighted by atomic mass is 32.1. The molecule has 6 nitrogen and oxygen atoms in total. The molecular weight excluding hydrogens is 374 g/mol. The van der Waals surface area contributed by atoms with Crippen LogP contribution in [0, 0.1) is 11.8 Å². The first-order chi connectivity index (χ1) is 13.5. The number of benzene rings is 1. The molecule has 2 heterocycles. The summed E-state index contributed by atoms with van der Waals surface area (Å²) in [4.78, 5) is 44.5. The van der Waals surface area contributed by atoms with Crippen LogP contribution in [0.3, 0.4) is 0 Å². The molecule has 1 saturated heterocycles. The standard InChI is InChI=1S/C21H23N3O3S/c1-13(24-19(26)16-9-5-6-10-17(16)20(24)27)18(25)23-21-22-12-15(28-21)11-14-7-3-2-4-8-14/h2-4,7-8,12-13,16-17H,5-6,9-11H2,1H3,(H,22,23,25). The first-order valence-electron chi connectivity index (χ1n) is 9.71. The van der Waals surface area contributed by atoms with Crippen LogP contribution >= 0.6 is 11.3 Å². The van der Waals surface area contributed by atoms with Crippen molar-refractivity contribution < 1.29 is 14.4 Å². The third kappa shape index (κ3) is 3.58. The fraction of sp³-hybridized carbons (Fsp3) is 0.429. The zero-order valence-electron chi connectivity index (χ0n) is 15.8. The third-order valence-corrected chi connectivity index (χ3v) is 6.56. The largest absolute Gasteiger partial charge is 0.300 e. The van der Waals surface area contributed by atoms with E-state index in [2.05, 4.69) is 10.3 Å². The fourth-order valence-corrected chi connectivity index (χ4v) is 4.99. The number of likely N-dealkylation sites (tertiary alicyclic amines) is 1. The number of rotatable bonds is 5. The van der Waals surface area contributed by atoms with Gasteiger partial charge in [0.2, 0.25) is 17.7 Å². The van der Waals surface area contributed by atoms with Crippen LogP contribution in [0.4, 0.5) is 5.13 Å². The van der Waals surface area contributed by atoms with E-state index in [0.717, 1.165) is 37.0 Å². The zero-order chi connectivity index (χ0) is 19.7. The van der Waals surface area contributed by atoms with E-state index in [9.17, 15) is 14.4 Å². The van der Waals surface area contributed by atoms with E-state index in [1.165, 1.54) is 21.8 Å². The predicted octanol–water partition coefficient (Wildman–Crippen LogP) is 3.24. The number of imide groups is 1. The summed E-state index contributed by atoms with van der Waals surface area (Å²) < 4.78 is 0. The lowest BCUT2D eigenvalue weighted by Gasteiger charge is -2.21. The molecule has 2 aromatic rings. The van der Waals surface area contributed by atoms with Crippen LogP contribution < -0.4 is 5.32 Å². The van der Waals surface area contributed by atoms with Crippen molar-refractivity contribution in [3.05, 3.63) is 47.0 Å². The molecule has 28 heavy (non-hydrogen) atoms. The first-order valence-corrected chi connectivity index (χ1v) is 10.5. The van der Waals surface area contributed by atoms with Crippen LogP contribution in [0.15, 0.2) is 36.5 Å². The van der Waals surface area contributed by atoms with Gasteiger partial charge in [0.05, 0.1) is 11.8 Å². The number of anilines is 1. The molecule has 1 N–H and O–H groups in total. The Morgan fingerprint density at radius 2 is 1.82 bits per heavy atom. The Hall–Kier alpha value is -2.54. The average molecular weight is 398 g/mol. The van der Waals surface area contributed by atoms with Gasteiger partial charge < -0.3 is 5.32 Å². The number of carbonyl (C=O) groups excluding carboxylic acids is 3. The molecule has 7 heteroatoms. The van der Waals surface area contributed by atoms with Gasteiger partial charge in [-0.2, -0.15) is 0 Å². The molecule has 146 valence electrons. The number of nitrogens with zero attached hydrogens (tertiary/aromatic N) is 2. The molecule has 2 aliphatic rings.